The lowest BCUT2D eigenvalue weighted by atomic mass is 10.0. The van der Waals surface area contributed by atoms with Crippen LogP contribution in [0.2, 0.25) is 0 Å². The Bertz CT molecular complexity index is 1260. The molecule has 1 aliphatic heterocycles. The van der Waals surface area contributed by atoms with Crippen molar-refractivity contribution in [3.8, 4) is 11.5 Å². The number of benzene rings is 2. The van der Waals surface area contributed by atoms with Crippen LogP contribution in [0.5, 0.6) is 11.5 Å². The Kier molecular flexibility index (Phi) is 4.50. The van der Waals surface area contributed by atoms with Crippen LogP contribution in [0.1, 0.15) is 16.8 Å². The summed E-state index contributed by atoms with van der Waals surface area (Å²) in [5.41, 5.74) is 3.53. The second kappa shape index (κ2) is 7.33. The Morgan fingerprint density at radius 2 is 1.90 bits per heavy atom. The Labute approximate surface area is 172 Å². The summed E-state index contributed by atoms with van der Waals surface area (Å²) in [4.78, 5) is 15.2. The van der Waals surface area contributed by atoms with Crippen LogP contribution in [0.15, 0.2) is 55.0 Å². The first-order valence-electron chi connectivity index (χ1n) is 9.64. The van der Waals surface area contributed by atoms with Crippen LogP contribution in [0.3, 0.4) is 0 Å². The van der Waals surface area contributed by atoms with Gasteiger partial charge in [-0.05, 0) is 54.4 Å². The van der Waals surface area contributed by atoms with Gasteiger partial charge in [-0.15, -0.1) is 0 Å². The average Bonchev–Trinajstić information content (AvgIpc) is 2.75. The van der Waals surface area contributed by atoms with E-state index in [0.717, 1.165) is 23.2 Å². The first-order chi connectivity index (χ1) is 14.6. The number of ether oxygens (including phenoxy) is 1. The third-order valence-electron chi connectivity index (χ3n) is 5.20. The zero-order chi connectivity index (χ0) is 20.7. The molecule has 0 N–H and O–H groups in total. The van der Waals surface area contributed by atoms with Crippen molar-refractivity contribution < 1.29 is 13.5 Å². The van der Waals surface area contributed by atoms with E-state index in [4.69, 9.17) is 4.74 Å². The second-order valence-electron chi connectivity index (χ2n) is 7.34. The van der Waals surface area contributed by atoms with Gasteiger partial charge in [-0.25, -0.2) is 18.7 Å². The molecule has 0 bridgehead atoms. The van der Waals surface area contributed by atoms with Crippen LogP contribution < -0.4 is 9.64 Å². The number of hydrogen-bond acceptors (Lipinski definition) is 5. The Morgan fingerprint density at radius 3 is 2.80 bits per heavy atom. The molecule has 5 rings (SSSR count). The highest BCUT2D eigenvalue weighted by molar-refractivity contribution is 5.89. The van der Waals surface area contributed by atoms with Crippen molar-refractivity contribution in [3.63, 3.8) is 0 Å². The molecule has 0 radical (unpaired) electrons. The van der Waals surface area contributed by atoms with Crippen molar-refractivity contribution in [1.29, 1.82) is 0 Å². The Morgan fingerprint density at radius 1 is 1.00 bits per heavy atom. The van der Waals surface area contributed by atoms with Crippen LogP contribution >= 0.6 is 0 Å². The van der Waals surface area contributed by atoms with Crippen molar-refractivity contribution in [1.82, 2.24) is 15.0 Å². The second-order valence-corrected chi connectivity index (χ2v) is 7.34. The fraction of sp³-hybridized carbons (Fsp3) is 0.174. The lowest BCUT2D eigenvalue weighted by Crippen LogP contribution is -2.31. The minimum atomic E-state index is -0.422. The van der Waals surface area contributed by atoms with E-state index < -0.39 is 5.82 Å². The van der Waals surface area contributed by atoms with Crippen LogP contribution in [-0.4, -0.2) is 21.5 Å². The number of hydrogen-bond donors (Lipinski definition) is 0. The smallest absolute Gasteiger partial charge is 0.165 e. The number of anilines is 1. The zero-order valence-electron chi connectivity index (χ0n) is 16.3. The molecule has 7 heteroatoms. The van der Waals surface area contributed by atoms with E-state index in [1.54, 1.807) is 24.4 Å². The molecule has 0 amide bonds. The van der Waals surface area contributed by atoms with Gasteiger partial charge in [0.15, 0.2) is 11.6 Å². The summed E-state index contributed by atoms with van der Waals surface area (Å²) >= 11 is 0. The molecule has 0 saturated heterocycles. The van der Waals surface area contributed by atoms with Gasteiger partial charge < -0.3 is 9.64 Å². The van der Waals surface area contributed by atoms with Crippen molar-refractivity contribution in [2.45, 2.75) is 19.9 Å². The number of rotatable bonds is 3. The van der Waals surface area contributed by atoms with Gasteiger partial charge in [-0.1, -0.05) is 6.07 Å². The lowest BCUT2D eigenvalue weighted by molar-refractivity contribution is 0.438. The number of aromatic nitrogens is 3. The van der Waals surface area contributed by atoms with Gasteiger partial charge >= 0.3 is 0 Å². The summed E-state index contributed by atoms with van der Waals surface area (Å²) in [6.45, 7) is 3.12. The van der Waals surface area contributed by atoms with Gasteiger partial charge in [0.1, 0.15) is 23.7 Å². The van der Waals surface area contributed by atoms with Gasteiger partial charge in [0, 0.05) is 30.6 Å². The number of nitrogens with zero attached hydrogens (tertiary/aromatic N) is 4. The predicted molar refractivity (Wildman–Crippen MR) is 110 cm³/mol. The molecular weight excluding hydrogens is 386 g/mol. The summed E-state index contributed by atoms with van der Waals surface area (Å²) in [7, 11) is 0. The van der Waals surface area contributed by atoms with Crippen molar-refractivity contribution >= 4 is 16.7 Å². The van der Waals surface area contributed by atoms with E-state index in [0.29, 0.717) is 35.6 Å². The number of halogens is 2. The van der Waals surface area contributed by atoms with Crippen LogP contribution in [0, 0.1) is 18.6 Å². The minimum absolute atomic E-state index is 0.168. The number of aryl methyl sites for hydroxylation is 1. The fourth-order valence-corrected chi connectivity index (χ4v) is 3.72. The Hall–Kier alpha value is -3.61. The van der Waals surface area contributed by atoms with Gasteiger partial charge in [-0.3, -0.25) is 4.98 Å². The maximum Gasteiger partial charge on any atom is 0.165 e. The summed E-state index contributed by atoms with van der Waals surface area (Å²) in [6, 6.07) is 11.1. The highest BCUT2D eigenvalue weighted by Gasteiger charge is 2.21. The standard InChI is InChI=1S/C23H18F2N4O/c1-14-2-4-19(25)22(8-14)30-17-9-15-12-29(7-6-20(15)26-11-17)23-18-10-16(24)3-5-21(18)27-13-28-23/h2-5,8-11,13H,6-7,12H2,1H3. The zero-order valence-corrected chi connectivity index (χ0v) is 16.3. The van der Waals surface area contributed by atoms with E-state index in [2.05, 4.69) is 19.9 Å². The molecule has 0 atom stereocenters. The topological polar surface area (TPSA) is 51.1 Å². The molecule has 150 valence electrons. The molecule has 0 saturated carbocycles. The van der Waals surface area contributed by atoms with Crippen molar-refractivity contribution in [3.05, 3.63) is 83.4 Å². The molecule has 1 aliphatic rings. The molecule has 5 nitrogen and oxygen atoms in total. The van der Waals surface area contributed by atoms with E-state index >= 15 is 0 Å². The molecule has 4 aromatic rings. The maximum atomic E-state index is 14.1. The van der Waals surface area contributed by atoms with Gasteiger partial charge in [0.25, 0.3) is 0 Å². The monoisotopic (exact) mass is 404 g/mol. The molecule has 0 aliphatic carbocycles. The third-order valence-corrected chi connectivity index (χ3v) is 5.20. The third kappa shape index (κ3) is 3.43. The van der Waals surface area contributed by atoms with Gasteiger partial charge in [0.2, 0.25) is 0 Å². The molecule has 30 heavy (non-hydrogen) atoms. The van der Waals surface area contributed by atoms with E-state index in [-0.39, 0.29) is 11.6 Å². The van der Waals surface area contributed by atoms with E-state index in [1.165, 1.54) is 24.5 Å². The molecule has 0 fully saturated rings. The quantitative estimate of drug-likeness (QED) is 0.483. The van der Waals surface area contributed by atoms with Crippen molar-refractivity contribution in [2.75, 3.05) is 11.4 Å². The SMILES string of the molecule is Cc1ccc(F)c(Oc2cnc3c(c2)CN(c2ncnc4ccc(F)cc24)CC3)c1. The molecule has 2 aromatic carbocycles. The molecular formula is C23H18F2N4O. The summed E-state index contributed by atoms with van der Waals surface area (Å²) in [5, 5.41) is 0.670. The first-order valence-corrected chi connectivity index (χ1v) is 9.64. The van der Waals surface area contributed by atoms with Crippen LogP contribution in [0.4, 0.5) is 14.6 Å². The van der Waals surface area contributed by atoms with Crippen LogP contribution in [0.25, 0.3) is 10.9 Å². The summed E-state index contributed by atoms with van der Waals surface area (Å²) in [6.07, 6.45) is 3.82. The van der Waals surface area contributed by atoms with Crippen molar-refractivity contribution in [2.24, 2.45) is 0 Å². The lowest BCUT2D eigenvalue weighted by Gasteiger charge is -2.30. The summed E-state index contributed by atoms with van der Waals surface area (Å²) < 4.78 is 33.6. The molecule has 3 heterocycles. The minimum Gasteiger partial charge on any atom is -0.453 e. The molecule has 0 spiro atoms. The molecule has 0 unspecified atom stereocenters. The van der Waals surface area contributed by atoms with Crippen LogP contribution in [-0.2, 0) is 13.0 Å². The summed E-state index contributed by atoms with van der Waals surface area (Å²) in [5.74, 6) is 0.574. The van der Waals surface area contributed by atoms with E-state index in [1.807, 2.05) is 13.0 Å². The largest absolute Gasteiger partial charge is 0.453 e. The molecule has 2 aromatic heterocycles. The maximum absolute atomic E-state index is 14.1. The van der Waals surface area contributed by atoms with Gasteiger partial charge in [0.05, 0.1) is 11.7 Å². The highest BCUT2D eigenvalue weighted by atomic mass is 19.1. The Balaban J connectivity index is 1.46. The normalized spacial score (nSPS) is 13.4. The fourth-order valence-electron chi connectivity index (χ4n) is 3.72. The number of pyridine rings is 1. The predicted octanol–water partition coefficient (Wildman–Crippen LogP) is 4.97. The van der Waals surface area contributed by atoms with Gasteiger partial charge in [-0.2, -0.15) is 0 Å². The van der Waals surface area contributed by atoms with E-state index in [9.17, 15) is 8.78 Å². The average molecular weight is 404 g/mol. The number of fused-ring (bicyclic) bond motifs is 2. The first kappa shape index (κ1) is 18.4. The highest BCUT2D eigenvalue weighted by Crippen LogP contribution is 2.31.